The van der Waals surface area contributed by atoms with Gasteiger partial charge in [0.2, 0.25) is 0 Å². The Morgan fingerprint density at radius 1 is 1.47 bits per heavy atom. The highest BCUT2D eigenvalue weighted by Gasteiger charge is 2.25. The molecule has 1 aromatic rings. The molecule has 1 N–H and O–H groups in total. The molecule has 4 heteroatoms. The molecule has 1 saturated heterocycles. The van der Waals surface area contributed by atoms with E-state index in [0.717, 1.165) is 21.7 Å². The molecule has 0 amide bonds. The van der Waals surface area contributed by atoms with Crippen LogP contribution in [0.15, 0.2) is 22.7 Å². The van der Waals surface area contributed by atoms with E-state index in [4.69, 9.17) is 11.6 Å². The molecule has 2 atom stereocenters. The zero-order chi connectivity index (χ0) is 12.4. The summed E-state index contributed by atoms with van der Waals surface area (Å²) in [5.74, 6) is 0. The zero-order valence-corrected chi connectivity index (χ0v) is 12.6. The van der Waals surface area contributed by atoms with Crippen molar-refractivity contribution in [2.45, 2.75) is 31.8 Å². The van der Waals surface area contributed by atoms with Gasteiger partial charge in [0, 0.05) is 23.1 Å². The van der Waals surface area contributed by atoms with Crippen LogP contribution in [0.3, 0.4) is 0 Å². The molecule has 2 unspecified atom stereocenters. The minimum atomic E-state index is 0.521. The van der Waals surface area contributed by atoms with Gasteiger partial charge < -0.3 is 10.2 Å². The van der Waals surface area contributed by atoms with Crippen LogP contribution in [0, 0.1) is 0 Å². The Balaban J connectivity index is 2.20. The van der Waals surface area contributed by atoms with Gasteiger partial charge in [0.05, 0.1) is 10.7 Å². The lowest BCUT2D eigenvalue weighted by Crippen LogP contribution is -2.46. The molecule has 1 aliphatic heterocycles. The highest BCUT2D eigenvalue weighted by Crippen LogP contribution is 2.33. The first-order valence-electron chi connectivity index (χ1n) is 6.00. The molecule has 2 nitrogen and oxygen atoms in total. The van der Waals surface area contributed by atoms with Crippen LogP contribution >= 0.6 is 27.5 Å². The van der Waals surface area contributed by atoms with Crippen molar-refractivity contribution in [3.05, 3.63) is 27.7 Å². The lowest BCUT2D eigenvalue weighted by atomic mass is 9.98. The largest absolute Gasteiger partial charge is 0.367 e. The molecule has 17 heavy (non-hydrogen) atoms. The Hall–Kier alpha value is -0.250. The predicted octanol–water partition coefficient (Wildman–Crippen LogP) is 3.68. The molecule has 0 spiro atoms. The second-order valence-electron chi connectivity index (χ2n) is 4.65. The van der Waals surface area contributed by atoms with E-state index in [1.807, 2.05) is 19.2 Å². The fraction of sp³-hybridized carbons (Fsp3) is 0.538. The van der Waals surface area contributed by atoms with E-state index in [1.54, 1.807) is 0 Å². The van der Waals surface area contributed by atoms with Gasteiger partial charge in [-0.25, -0.2) is 0 Å². The van der Waals surface area contributed by atoms with Crippen molar-refractivity contribution in [1.82, 2.24) is 5.32 Å². The van der Waals surface area contributed by atoms with Gasteiger partial charge in [0.1, 0.15) is 0 Å². The molecule has 94 valence electrons. The predicted molar refractivity (Wildman–Crippen MR) is 78.0 cm³/mol. The Labute approximate surface area is 116 Å². The van der Waals surface area contributed by atoms with E-state index in [0.29, 0.717) is 12.1 Å². The van der Waals surface area contributed by atoms with Crippen LogP contribution < -0.4 is 10.2 Å². The quantitative estimate of drug-likeness (QED) is 0.895. The molecule has 1 fully saturated rings. The van der Waals surface area contributed by atoms with Gasteiger partial charge in [-0.1, -0.05) is 27.5 Å². The minimum absolute atomic E-state index is 0.521. The molecule has 0 aromatic heterocycles. The summed E-state index contributed by atoms with van der Waals surface area (Å²) in [4.78, 5) is 2.40. The summed E-state index contributed by atoms with van der Waals surface area (Å²) in [6.45, 7) is 3.32. The minimum Gasteiger partial charge on any atom is -0.367 e. The molecule has 2 rings (SSSR count). The summed E-state index contributed by atoms with van der Waals surface area (Å²) in [5, 5.41) is 4.20. The Kier molecular flexibility index (Phi) is 4.34. The number of anilines is 1. The second-order valence-corrected chi connectivity index (χ2v) is 5.97. The van der Waals surface area contributed by atoms with Crippen molar-refractivity contribution >= 4 is 33.2 Å². The van der Waals surface area contributed by atoms with Crippen molar-refractivity contribution < 1.29 is 0 Å². The van der Waals surface area contributed by atoms with Crippen LogP contribution in [0.5, 0.6) is 0 Å². The average molecular weight is 318 g/mol. The summed E-state index contributed by atoms with van der Waals surface area (Å²) < 4.78 is 1.08. The molecule has 1 heterocycles. The molecular weight excluding hydrogens is 300 g/mol. The summed E-state index contributed by atoms with van der Waals surface area (Å²) in [7, 11) is 2.04. The standard InChI is InChI=1S/C13H18BrClN2/c1-9-7-11(16-2)5-6-17(9)13-8-10(14)3-4-12(13)15/h3-4,8-9,11,16H,5-7H2,1-2H3. The summed E-state index contributed by atoms with van der Waals surface area (Å²) >= 11 is 9.80. The summed E-state index contributed by atoms with van der Waals surface area (Å²) in [6, 6.07) is 7.20. The SMILES string of the molecule is CNC1CCN(c2cc(Br)ccc2Cl)C(C)C1. The number of piperidine rings is 1. The van der Waals surface area contributed by atoms with E-state index >= 15 is 0 Å². The average Bonchev–Trinajstić information content (AvgIpc) is 2.32. The van der Waals surface area contributed by atoms with Crippen LogP contribution in [-0.2, 0) is 0 Å². The highest BCUT2D eigenvalue weighted by atomic mass is 79.9. The monoisotopic (exact) mass is 316 g/mol. The first-order valence-corrected chi connectivity index (χ1v) is 7.18. The van der Waals surface area contributed by atoms with E-state index in [-0.39, 0.29) is 0 Å². The van der Waals surface area contributed by atoms with Gasteiger partial charge >= 0.3 is 0 Å². The first-order chi connectivity index (χ1) is 8.11. The third-order valence-corrected chi connectivity index (χ3v) is 4.31. The molecule has 0 radical (unpaired) electrons. The van der Waals surface area contributed by atoms with Gasteiger partial charge in [-0.15, -0.1) is 0 Å². The fourth-order valence-electron chi connectivity index (χ4n) is 2.50. The van der Waals surface area contributed by atoms with Gasteiger partial charge in [-0.3, -0.25) is 0 Å². The normalized spacial score (nSPS) is 25.1. The van der Waals surface area contributed by atoms with Crippen molar-refractivity contribution in [2.75, 3.05) is 18.5 Å². The van der Waals surface area contributed by atoms with E-state index in [1.165, 1.54) is 12.8 Å². The van der Waals surface area contributed by atoms with Gasteiger partial charge in [-0.2, -0.15) is 0 Å². The molecule has 0 bridgehead atoms. The lowest BCUT2D eigenvalue weighted by molar-refractivity contribution is 0.387. The third-order valence-electron chi connectivity index (χ3n) is 3.50. The Morgan fingerprint density at radius 2 is 2.24 bits per heavy atom. The van der Waals surface area contributed by atoms with E-state index in [2.05, 4.69) is 39.1 Å². The molecule has 0 saturated carbocycles. The van der Waals surface area contributed by atoms with Crippen LogP contribution in [-0.4, -0.2) is 25.7 Å². The van der Waals surface area contributed by atoms with Gasteiger partial charge in [-0.05, 0) is 45.0 Å². The topological polar surface area (TPSA) is 15.3 Å². The number of halogens is 2. The van der Waals surface area contributed by atoms with Crippen LogP contribution in [0.2, 0.25) is 5.02 Å². The highest BCUT2D eigenvalue weighted by molar-refractivity contribution is 9.10. The second kappa shape index (κ2) is 5.59. The van der Waals surface area contributed by atoms with Gasteiger partial charge in [0.15, 0.2) is 0 Å². The number of rotatable bonds is 2. The van der Waals surface area contributed by atoms with Crippen LogP contribution in [0.4, 0.5) is 5.69 Å². The number of nitrogens with one attached hydrogen (secondary N) is 1. The van der Waals surface area contributed by atoms with E-state index in [9.17, 15) is 0 Å². The molecular formula is C13H18BrClN2. The molecule has 1 aliphatic rings. The number of hydrogen-bond donors (Lipinski definition) is 1. The molecule has 0 aliphatic carbocycles. The fourth-order valence-corrected chi connectivity index (χ4v) is 3.07. The first kappa shape index (κ1) is 13.2. The van der Waals surface area contributed by atoms with Crippen molar-refractivity contribution in [3.63, 3.8) is 0 Å². The smallest absolute Gasteiger partial charge is 0.0640 e. The van der Waals surface area contributed by atoms with Gasteiger partial charge in [0.25, 0.3) is 0 Å². The van der Waals surface area contributed by atoms with Crippen LogP contribution in [0.1, 0.15) is 19.8 Å². The summed E-state index contributed by atoms with van der Waals surface area (Å²) in [6.07, 6.45) is 2.34. The maximum atomic E-state index is 6.29. The van der Waals surface area contributed by atoms with Crippen molar-refractivity contribution in [3.8, 4) is 0 Å². The maximum absolute atomic E-state index is 6.29. The number of nitrogens with zero attached hydrogens (tertiary/aromatic N) is 1. The zero-order valence-electron chi connectivity index (χ0n) is 10.2. The Morgan fingerprint density at radius 3 is 2.88 bits per heavy atom. The van der Waals surface area contributed by atoms with Crippen molar-refractivity contribution in [2.24, 2.45) is 0 Å². The van der Waals surface area contributed by atoms with Crippen LogP contribution in [0.25, 0.3) is 0 Å². The summed E-state index contributed by atoms with van der Waals surface area (Å²) in [5.41, 5.74) is 1.14. The number of hydrogen-bond acceptors (Lipinski definition) is 2. The number of benzene rings is 1. The third kappa shape index (κ3) is 2.95. The Bertz CT molecular complexity index is 397. The lowest BCUT2D eigenvalue weighted by Gasteiger charge is -2.39. The van der Waals surface area contributed by atoms with E-state index < -0.39 is 0 Å². The van der Waals surface area contributed by atoms with Crippen molar-refractivity contribution in [1.29, 1.82) is 0 Å². The maximum Gasteiger partial charge on any atom is 0.0640 e. The molecule has 1 aromatic carbocycles.